The summed E-state index contributed by atoms with van der Waals surface area (Å²) in [6.45, 7) is 6.83. The second-order valence-electron chi connectivity index (χ2n) is 3.04. The van der Waals surface area contributed by atoms with Gasteiger partial charge in [0, 0.05) is 17.3 Å². The Bertz CT molecular complexity index is 132. The van der Waals surface area contributed by atoms with E-state index in [1.165, 1.54) is 0 Å². The van der Waals surface area contributed by atoms with E-state index in [0.29, 0.717) is 4.83 Å². The van der Waals surface area contributed by atoms with Crippen molar-refractivity contribution in [2.75, 3.05) is 6.54 Å². The monoisotopic (exact) mass is 235 g/mol. The first-order valence-electron chi connectivity index (χ1n) is 4.53. The van der Waals surface area contributed by atoms with Crippen LogP contribution in [0.4, 0.5) is 0 Å². The van der Waals surface area contributed by atoms with E-state index in [0.717, 1.165) is 19.4 Å². The third-order valence-electron chi connectivity index (χ3n) is 1.91. The molecule has 0 aromatic rings. The van der Waals surface area contributed by atoms with Crippen LogP contribution in [0.25, 0.3) is 0 Å². The number of rotatable bonds is 5. The van der Waals surface area contributed by atoms with Gasteiger partial charge in [0.15, 0.2) is 0 Å². The summed E-state index contributed by atoms with van der Waals surface area (Å²) in [5, 5.41) is 2.90. The highest BCUT2D eigenvalue weighted by molar-refractivity contribution is 9.09. The second kappa shape index (κ2) is 6.46. The lowest BCUT2D eigenvalue weighted by molar-refractivity contribution is -0.125. The zero-order chi connectivity index (χ0) is 9.56. The van der Waals surface area contributed by atoms with Crippen molar-refractivity contribution in [1.29, 1.82) is 0 Å². The lowest BCUT2D eigenvalue weighted by Crippen LogP contribution is -2.33. The highest BCUT2D eigenvalue weighted by Crippen LogP contribution is 2.07. The summed E-state index contributed by atoms with van der Waals surface area (Å²) in [4.78, 5) is 11.7. The van der Waals surface area contributed by atoms with Crippen molar-refractivity contribution in [2.45, 2.75) is 38.4 Å². The Labute approximate surface area is 83.2 Å². The highest BCUT2D eigenvalue weighted by atomic mass is 79.9. The topological polar surface area (TPSA) is 29.1 Å². The molecular formula is C9H18BrNO. The molecule has 0 aromatic carbocycles. The van der Waals surface area contributed by atoms with Gasteiger partial charge < -0.3 is 5.32 Å². The van der Waals surface area contributed by atoms with Gasteiger partial charge >= 0.3 is 0 Å². The third kappa shape index (κ3) is 4.75. The molecule has 0 rings (SSSR count). The van der Waals surface area contributed by atoms with Crippen molar-refractivity contribution in [2.24, 2.45) is 5.92 Å². The Balaban J connectivity index is 3.69. The Morgan fingerprint density at radius 1 is 1.42 bits per heavy atom. The quantitative estimate of drug-likeness (QED) is 0.729. The van der Waals surface area contributed by atoms with Gasteiger partial charge in [0.25, 0.3) is 0 Å². The lowest BCUT2D eigenvalue weighted by Gasteiger charge is -2.13. The molecule has 0 fully saturated rings. The Kier molecular flexibility index (Phi) is 6.44. The van der Waals surface area contributed by atoms with Gasteiger partial charge in [-0.25, -0.2) is 0 Å². The molecule has 1 atom stereocenters. The molecule has 3 heteroatoms. The van der Waals surface area contributed by atoms with Crippen LogP contribution in [0, 0.1) is 5.92 Å². The molecule has 0 radical (unpaired) electrons. The first-order chi connectivity index (χ1) is 5.61. The summed E-state index contributed by atoms with van der Waals surface area (Å²) in [6, 6.07) is 0. The molecule has 0 bridgehead atoms. The van der Waals surface area contributed by atoms with Crippen molar-refractivity contribution in [3.8, 4) is 0 Å². The zero-order valence-corrected chi connectivity index (χ0v) is 9.65. The summed E-state index contributed by atoms with van der Waals surface area (Å²) in [6.07, 6.45) is 1.86. The van der Waals surface area contributed by atoms with Gasteiger partial charge in [-0.2, -0.15) is 0 Å². The summed E-state index contributed by atoms with van der Waals surface area (Å²) in [5.74, 6) is 0.377. The van der Waals surface area contributed by atoms with E-state index in [1.54, 1.807) is 0 Å². The minimum absolute atomic E-state index is 0.186. The molecule has 0 heterocycles. The molecule has 0 aromatic heterocycles. The molecule has 0 aliphatic heterocycles. The van der Waals surface area contributed by atoms with Gasteiger partial charge in [0.05, 0.1) is 0 Å². The van der Waals surface area contributed by atoms with Crippen LogP contribution in [0.1, 0.15) is 33.6 Å². The largest absolute Gasteiger partial charge is 0.355 e. The van der Waals surface area contributed by atoms with E-state index in [2.05, 4.69) is 21.2 Å². The minimum atomic E-state index is 0.186. The van der Waals surface area contributed by atoms with Crippen LogP contribution in [-0.4, -0.2) is 17.3 Å². The summed E-state index contributed by atoms with van der Waals surface area (Å²) in [5.41, 5.74) is 0. The van der Waals surface area contributed by atoms with Crippen molar-refractivity contribution in [3.63, 3.8) is 0 Å². The van der Waals surface area contributed by atoms with Crippen molar-refractivity contribution in [3.05, 3.63) is 0 Å². The average molecular weight is 236 g/mol. The van der Waals surface area contributed by atoms with E-state index in [-0.39, 0.29) is 11.8 Å². The SMILES string of the molecule is CCC(CC)C(=O)NCC(C)Br. The molecule has 1 N–H and O–H groups in total. The van der Waals surface area contributed by atoms with Gasteiger partial charge in [-0.05, 0) is 12.8 Å². The van der Waals surface area contributed by atoms with Gasteiger partial charge in [-0.15, -0.1) is 0 Å². The molecule has 12 heavy (non-hydrogen) atoms. The first-order valence-corrected chi connectivity index (χ1v) is 5.45. The smallest absolute Gasteiger partial charge is 0.223 e. The summed E-state index contributed by atoms with van der Waals surface area (Å²) in [7, 11) is 0. The van der Waals surface area contributed by atoms with Crippen LogP contribution in [0.5, 0.6) is 0 Å². The van der Waals surface area contributed by atoms with Crippen LogP contribution in [-0.2, 0) is 4.79 Å². The number of amides is 1. The number of alkyl halides is 1. The lowest BCUT2D eigenvalue weighted by atomic mass is 10.0. The molecule has 0 spiro atoms. The van der Waals surface area contributed by atoms with Crippen molar-refractivity contribution < 1.29 is 4.79 Å². The fraction of sp³-hybridized carbons (Fsp3) is 0.889. The maximum absolute atomic E-state index is 11.4. The van der Waals surface area contributed by atoms with Crippen LogP contribution < -0.4 is 5.32 Å². The maximum Gasteiger partial charge on any atom is 0.223 e. The highest BCUT2D eigenvalue weighted by Gasteiger charge is 2.13. The van der Waals surface area contributed by atoms with Gasteiger partial charge in [-0.1, -0.05) is 36.7 Å². The van der Waals surface area contributed by atoms with Gasteiger partial charge in [0.1, 0.15) is 0 Å². The van der Waals surface area contributed by atoms with Crippen LogP contribution >= 0.6 is 15.9 Å². The number of hydrogen-bond acceptors (Lipinski definition) is 1. The van der Waals surface area contributed by atoms with Crippen molar-refractivity contribution in [1.82, 2.24) is 5.32 Å². The van der Waals surface area contributed by atoms with E-state index >= 15 is 0 Å². The predicted molar refractivity (Wildman–Crippen MR) is 55.5 cm³/mol. The molecular weight excluding hydrogens is 218 g/mol. The number of hydrogen-bond donors (Lipinski definition) is 1. The van der Waals surface area contributed by atoms with Crippen LogP contribution in [0.2, 0.25) is 0 Å². The van der Waals surface area contributed by atoms with E-state index in [4.69, 9.17) is 0 Å². The Morgan fingerprint density at radius 2 is 1.92 bits per heavy atom. The average Bonchev–Trinajstić information content (AvgIpc) is 2.03. The van der Waals surface area contributed by atoms with E-state index in [9.17, 15) is 4.79 Å². The van der Waals surface area contributed by atoms with Crippen LogP contribution in [0.15, 0.2) is 0 Å². The molecule has 1 unspecified atom stereocenters. The maximum atomic E-state index is 11.4. The summed E-state index contributed by atoms with van der Waals surface area (Å²) >= 11 is 3.38. The number of carbonyl (C=O) groups is 1. The first kappa shape index (κ1) is 11.9. The molecule has 0 aliphatic carbocycles. The molecule has 0 saturated carbocycles. The fourth-order valence-corrected chi connectivity index (χ4v) is 1.21. The van der Waals surface area contributed by atoms with Gasteiger partial charge in [0.2, 0.25) is 5.91 Å². The Morgan fingerprint density at radius 3 is 2.25 bits per heavy atom. The fourth-order valence-electron chi connectivity index (χ4n) is 1.05. The predicted octanol–water partition coefficient (Wildman–Crippen LogP) is 2.32. The third-order valence-corrected chi connectivity index (χ3v) is 2.24. The number of nitrogens with one attached hydrogen (secondary N) is 1. The summed E-state index contributed by atoms with van der Waals surface area (Å²) < 4.78 is 0. The van der Waals surface area contributed by atoms with E-state index < -0.39 is 0 Å². The molecule has 2 nitrogen and oxygen atoms in total. The molecule has 0 saturated heterocycles. The van der Waals surface area contributed by atoms with Crippen molar-refractivity contribution >= 4 is 21.8 Å². The number of halogens is 1. The Hall–Kier alpha value is -0.0500. The normalized spacial score (nSPS) is 13.1. The number of carbonyl (C=O) groups excluding carboxylic acids is 1. The molecule has 1 amide bonds. The van der Waals surface area contributed by atoms with Crippen LogP contribution in [0.3, 0.4) is 0 Å². The second-order valence-corrected chi connectivity index (χ2v) is 4.60. The minimum Gasteiger partial charge on any atom is -0.355 e. The standard InChI is InChI=1S/C9H18BrNO/c1-4-8(5-2)9(12)11-6-7(3)10/h7-8H,4-6H2,1-3H3,(H,11,12). The zero-order valence-electron chi connectivity index (χ0n) is 8.06. The molecule has 0 aliphatic rings. The van der Waals surface area contributed by atoms with E-state index in [1.807, 2.05) is 20.8 Å². The molecule has 72 valence electrons. The van der Waals surface area contributed by atoms with Gasteiger partial charge in [-0.3, -0.25) is 4.79 Å².